The highest BCUT2D eigenvalue weighted by Crippen LogP contribution is 2.46. The van der Waals surface area contributed by atoms with Gasteiger partial charge in [-0.25, -0.2) is 9.78 Å². The lowest BCUT2D eigenvalue weighted by atomic mass is 9.66. The van der Waals surface area contributed by atoms with E-state index in [4.69, 9.17) is 4.74 Å². The largest absolute Gasteiger partial charge is 0.464 e. The number of ether oxygens (including phenoxy) is 1. The normalized spacial score (nSPS) is 24.1. The molecule has 0 radical (unpaired) electrons. The number of nitrogens with zero attached hydrogens (tertiary/aromatic N) is 3. The van der Waals surface area contributed by atoms with Crippen LogP contribution in [0.5, 0.6) is 0 Å². The van der Waals surface area contributed by atoms with E-state index in [1.807, 2.05) is 12.3 Å². The predicted molar refractivity (Wildman–Crippen MR) is 106 cm³/mol. The second-order valence-corrected chi connectivity index (χ2v) is 8.40. The molecule has 1 aromatic rings. The van der Waals surface area contributed by atoms with Crippen LogP contribution in [0.2, 0.25) is 0 Å². The van der Waals surface area contributed by atoms with Crippen LogP contribution < -0.4 is 10.2 Å². The van der Waals surface area contributed by atoms with Crippen molar-refractivity contribution in [2.45, 2.75) is 44.6 Å². The monoisotopic (exact) mass is 372 g/mol. The van der Waals surface area contributed by atoms with Gasteiger partial charge in [0.2, 0.25) is 0 Å². The summed E-state index contributed by atoms with van der Waals surface area (Å²) in [7, 11) is 1.39. The molecule has 6 nitrogen and oxygen atoms in total. The number of esters is 1. The lowest BCUT2D eigenvalue weighted by molar-refractivity contribution is 0.0594. The topological polar surface area (TPSA) is 57.7 Å². The van der Waals surface area contributed by atoms with Crippen molar-refractivity contribution < 1.29 is 9.53 Å². The van der Waals surface area contributed by atoms with Crippen LogP contribution in [-0.4, -0.2) is 68.3 Å². The summed E-state index contributed by atoms with van der Waals surface area (Å²) < 4.78 is 4.73. The molecule has 1 N–H and O–H groups in total. The summed E-state index contributed by atoms with van der Waals surface area (Å²) in [6.07, 6.45) is 9.88. The number of piperidine rings is 1. The average molecular weight is 373 g/mol. The SMILES string of the molecule is COC(=O)c1ccc(N2CCC3(CCC(N4CCNCC4)CC3)CC2)cn1. The molecule has 2 saturated heterocycles. The van der Waals surface area contributed by atoms with Gasteiger partial charge >= 0.3 is 5.97 Å². The number of carbonyl (C=O) groups excluding carboxylic acids is 1. The zero-order valence-corrected chi connectivity index (χ0v) is 16.5. The zero-order chi connectivity index (χ0) is 18.7. The minimum absolute atomic E-state index is 0.375. The molecule has 3 fully saturated rings. The van der Waals surface area contributed by atoms with Crippen molar-refractivity contribution in [2.75, 3.05) is 51.3 Å². The lowest BCUT2D eigenvalue weighted by Gasteiger charge is -2.48. The first-order valence-electron chi connectivity index (χ1n) is 10.4. The van der Waals surface area contributed by atoms with Gasteiger partial charge < -0.3 is 15.0 Å². The summed E-state index contributed by atoms with van der Waals surface area (Å²) in [4.78, 5) is 20.9. The molecule has 1 saturated carbocycles. The summed E-state index contributed by atoms with van der Waals surface area (Å²) in [5, 5.41) is 3.47. The molecule has 1 aromatic heterocycles. The van der Waals surface area contributed by atoms with Gasteiger partial charge in [-0.05, 0) is 56.1 Å². The molecule has 0 unspecified atom stereocenters. The molecule has 3 aliphatic rings. The van der Waals surface area contributed by atoms with E-state index in [2.05, 4.69) is 20.1 Å². The molecule has 3 heterocycles. The van der Waals surface area contributed by atoms with Crippen LogP contribution in [0.15, 0.2) is 18.3 Å². The Morgan fingerprint density at radius 3 is 2.41 bits per heavy atom. The number of aromatic nitrogens is 1. The van der Waals surface area contributed by atoms with Gasteiger partial charge in [-0.1, -0.05) is 0 Å². The number of rotatable bonds is 3. The van der Waals surface area contributed by atoms with E-state index in [1.54, 1.807) is 6.07 Å². The third kappa shape index (κ3) is 4.11. The summed E-state index contributed by atoms with van der Waals surface area (Å²) >= 11 is 0. The second-order valence-electron chi connectivity index (χ2n) is 8.40. The molecular formula is C21H32N4O2. The van der Waals surface area contributed by atoms with E-state index in [0.717, 1.165) is 37.9 Å². The number of nitrogens with one attached hydrogen (secondary N) is 1. The van der Waals surface area contributed by atoms with E-state index >= 15 is 0 Å². The lowest BCUT2D eigenvalue weighted by Crippen LogP contribution is -2.51. The maximum atomic E-state index is 11.5. The summed E-state index contributed by atoms with van der Waals surface area (Å²) in [5.41, 5.74) is 2.05. The summed E-state index contributed by atoms with van der Waals surface area (Å²) in [5.74, 6) is -0.375. The number of hydrogen-bond donors (Lipinski definition) is 1. The Morgan fingerprint density at radius 1 is 1.11 bits per heavy atom. The third-order valence-corrected chi connectivity index (χ3v) is 7.02. The van der Waals surface area contributed by atoms with Crippen molar-refractivity contribution >= 4 is 11.7 Å². The van der Waals surface area contributed by atoms with Gasteiger partial charge in [0.15, 0.2) is 0 Å². The molecule has 0 aromatic carbocycles. The highest BCUT2D eigenvalue weighted by Gasteiger charge is 2.39. The van der Waals surface area contributed by atoms with E-state index in [9.17, 15) is 4.79 Å². The molecule has 1 aliphatic carbocycles. The minimum Gasteiger partial charge on any atom is -0.464 e. The average Bonchev–Trinajstić information content (AvgIpc) is 2.75. The molecule has 1 spiro atoms. The molecule has 0 amide bonds. The minimum atomic E-state index is -0.375. The van der Waals surface area contributed by atoms with Crippen LogP contribution in [-0.2, 0) is 4.74 Å². The van der Waals surface area contributed by atoms with E-state index in [1.165, 1.54) is 58.7 Å². The van der Waals surface area contributed by atoms with E-state index in [-0.39, 0.29) is 5.97 Å². The molecule has 4 rings (SSSR count). The Morgan fingerprint density at radius 2 is 1.81 bits per heavy atom. The van der Waals surface area contributed by atoms with Gasteiger partial charge in [-0.2, -0.15) is 0 Å². The smallest absolute Gasteiger partial charge is 0.356 e. The zero-order valence-electron chi connectivity index (χ0n) is 16.5. The summed E-state index contributed by atoms with van der Waals surface area (Å²) in [6, 6.07) is 4.58. The molecular weight excluding hydrogens is 340 g/mol. The number of piperazine rings is 1. The van der Waals surface area contributed by atoms with Gasteiger partial charge in [-0.3, -0.25) is 4.90 Å². The van der Waals surface area contributed by atoms with Crippen molar-refractivity contribution in [3.05, 3.63) is 24.0 Å². The number of anilines is 1. The molecule has 148 valence electrons. The Hall–Kier alpha value is -1.66. The Kier molecular flexibility index (Phi) is 5.64. The Bertz CT molecular complexity index is 624. The fourth-order valence-electron chi connectivity index (χ4n) is 5.17. The van der Waals surface area contributed by atoms with Crippen LogP contribution in [0.25, 0.3) is 0 Å². The van der Waals surface area contributed by atoms with Crippen molar-refractivity contribution in [3.8, 4) is 0 Å². The standard InChI is InChI=1S/C21H32N4O2/c1-27-20(26)19-3-2-18(16-23-19)24-12-8-21(9-13-24)6-4-17(5-7-21)25-14-10-22-11-15-25/h2-3,16-17,22H,4-15H2,1H3. The van der Waals surface area contributed by atoms with Gasteiger partial charge in [0, 0.05) is 45.3 Å². The van der Waals surface area contributed by atoms with Crippen LogP contribution >= 0.6 is 0 Å². The van der Waals surface area contributed by atoms with Crippen LogP contribution in [0.1, 0.15) is 49.0 Å². The quantitative estimate of drug-likeness (QED) is 0.822. The van der Waals surface area contributed by atoms with Crippen molar-refractivity contribution in [1.82, 2.24) is 15.2 Å². The van der Waals surface area contributed by atoms with E-state index in [0.29, 0.717) is 11.1 Å². The molecule has 2 aliphatic heterocycles. The first kappa shape index (κ1) is 18.7. The highest BCUT2D eigenvalue weighted by molar-refractivity contribution is 5.87. The number of methoxy groups -OCH3 is 1. The number of carbonyl (C=O) groups is 1. The maximum absolute atomic E-state index is 11.5. The van der Waals surface area contributed by atoms with Gasteiger partial charge in [-0.15, -0.1) is 0 Å². The van der Waals surface area contributed by atoms with Crippen molar-refractivity contribution in [2.24, 2.45) is 5.41 Å². The number of hydrogen-bond acceptors (Lipinski definition) is 6. The molecule has 0 atom stereocenters. The predicted octanol–water partition coefficient (Wildman–Crippen LogP) is 2.30. The van der Waals surface area contributed by atoms with E-state index < -0.39 is 0 Å². The van der Waals surface area contributed by atoms with Crippen molar-refractivity contribution in [1.29, 1.82) is 0 Å². The van der Waals surface area contributed by atoms with Gasteiger partial charge in [0.1, 0.15) is 5.69 Å². The molecule has 6 heteroatoms. The van der Waals surface area contributed by atoms with Gasteiger partial charge in [0.25, 0.3) is 0 Å². The number of pyridine rings is 1. The second kappa shape index (κ2) is 8.15. The first-order chi connectivity index (χ1) is 13.2. The molecule has 0 bridgehead atoms. The van der Waals surface area contributed by atoms with Crippen molar-refractivity contribution in [3.63, 3.8) is 0 Å². The fraction of sp³-hybridized carbons (Fsp3) is 0.714. The van der Waals surface area contributed by atoms with Crippen LogP contribution in [0.4, 0.5) is 5.69 Å². The highest BCUT2D eigenvalue weighted by atomic mass is 16.5. The third-order valence-electron chi connectivity index (χ3n) is 7.02. The molecule has 27 heavy (non-hydrogen) atoms. The van der Waals surface area contributed by atoms with Gasteiger partial charge in [0.05, 0.1) is 19.0 Å². The van der Waals surface area contributed by atoms with Crippen LogP contribution in [0, 0.1) is 5.41 Å². The fourth-order valence-corrected chi connectivity index (χ4v) is 5.17. The maximum Gasteiger partial charge on any atom is 0.356 e. The first-order valence-corrected chi connectivity index (χ1v) is 10.4. The Labute approximate surface area is 162 Å². The van der Waals surface area contributed by atoms with Crippen LogP contribution in [0.3, 0.4) is 0 Å². The summed E-state index contributed by atoms with van der Waals surface area (Å²) in [6.45, 7) is 6.94. The Balaban J connectivity index is 1.29.